The summed E-state index contributed by atoms with van der Waals surface area (Å²) in [6.07, 6.45) is -7.78. The van der Waals surface area contributed by atoms with Gasteiger partial charge in [-0.2, -0.15) is 13.2 Å². The van der Waals surface area contributed by atoms with E-state index in [-0.39, 0.29) is 22.6 Å². The summed E-state index contributed by atoms with van der Waals surface area (Å²) in [5.41, 5.74) is -5.48. The number of halogens is 5. The molecule has 3 aromatic carbocycles. The molecule has 1 unspecified atom stereocenters. The smallest absolute Gasteiger partial charge is 0.416 e. The van der Waals surface area contributed by atoms with Crippen molar-refractivity contribution >= 4 is 5.97 Å². The number of carboxylic acids is 1. The van der Waals surface area contributed by atoms with Crippen molar-refractivity contribution in [2.24, 2.45) is 0 Å². The first-order valence-corrected chi connectivity index (χ1v) is 13.5. The Morgan fingerprint density at radius 3 is 2.36 bits per heavy atom. The van der Waals surface area contributed by atoms with E-state index in [1.165, 1.54) is 44.4 Å². The second-order valence-corrected chi connectivity index (χ2v) is 9.88. The van der Waals surface area contributed by atoms with Crippen LogP contribution in [-0.4, -0.2) is 33.8 Å². The Bertz CT molecular complexity index is 1930. The predicted molar refractivity (Wildman–Crippen MR) is 156 cm³/mol. The fraction of sp³-hybridized carbons (Fsp3) is 0.281. The van der Waals surface area contributed by atoms with E-state index in [4.69, 9.17) is 14.0 Å². The normalized spacial score (nSPS) is 14.2. The third-order valence-corrected chi connectivity index (χ3v) is 7.08. The summed E-state index contributed by atoms with van der Waals surface area (Å²) in [4.78, 5) is 39.4. The number of benzene rings is 3. The maximum Gasteiger partial charge on any atom is 0.416 e. The predicted octanol–water partition coefficient (Wildman–Crippen LogP) is 5.54. The number of rotatable bonds is 12. The molecule has 0 fully saturated rings. The standard InChI is InChI=1S/C32H30F5N3O5/c1-19-28(21-11-6-14-26(45-2)29(21)34)30(43)40(18-25(20-9-4-3-5-10-20)38-16-8-15-27(41)42)31(44)39(19)17-22-23(32(35,36)37)12-7-13-24(22)33/h3-7,9-14,25,38H,8,15-18H2,1-2H3,(H,41,42)/t25-/m0/s1/i8D,16D2/t8?,25-. The summed E-state index contributed by atoms with van der Waals surface area (Å²) in [7, 11) is 1.17. The van der Waals surface area contributed by atoms with Gasteiger partial charge in [-0.1, -0.05) is 48.5 Å². The molecule has 0 radical (unpaired) electrons. The molecule has 4 aromatic rings. The maximum absolute atomic E-state index is 15.6. The Hall–Kier alpha value is -4.78. The van der Waals surface area contributed by atoms with Crippen LogP contribution in [0, 0.1) is 18.6 Å². The molecule has 4 rings (SSSR count). The van der Waals surface area contributed by atoms with Crippen molar-refractivity contribution in [1.82, 2.24) is 14.5 Å². The second kappa shape index (κ2) is 13.9. The van der Waals surface area contributed by atoms with Crippen LogP contribution in [0.4, 0.5) is 22.0 Å². The minimum absolute atomic E-state index is 0.282. The third-order valence-electron chi connectivity index (χ3n) is 7.08. The molecule has 45 heavy (non-hydrogen) atoms. The van der Waals surface area contributed by atoms with E-state index in [0.717, 1.165) is 12.1 Å². The van der Waals surface area contributed by atoms with Crippen LogP contribution >= 0.6 is 0 Å². The lowest BCUT2D eigenvalue weighted by atomic mass is 10.0. The molecule has 0 aliphatic carbocycles. The van der Waals surface area contributed by atoms with Crippen molar-refractivity contribution in [3.8, 4) is 16.9 Å². The summed E-state index contributed by atoms with van der Waals surface area (Å²) in [6.45, 7) is -3.26. The lowest BCUT2D eigenvalue weighted by Crippen LogP contribution is -2.45. The number of aliphatic carboxylic acids is 1. The van der Waals surface area contributed by atoms with Gasteiger partial charge in [0.25, 0.3) is 5.56 Å². The Kier molecular flexibility index (Phi) is 8.94. The molecule has 238 valence electrons. The van der Waals surface area contributed by atoms with E-state index >= 15 is 8.78 Å². The van der Waals surface area contributed by atoms with Crippen LogP contribution in [0.3, 0.4) is 0 Å². The first kappa shape index (κ1) is 29.0. The molecule has 13 heteroatoms. The highest BCUT2D eigenvalue weighted by Gasteiger charge is 2.35. The zero-order valence-corrected chi connectivity index (χ0v) is 24.0. The molecule has 0 saturated carbocycles. The summed E-state index contributed by atoms with van der Waals surface area (Å²) in [5.74, 6) is -4.06. The number of hydrogen-bond acceptors (Lipinski definition) is 5. The van der Waals surface area contributed by atoms with Gasteiger partial charge in [-0.05, 0) is 43.6 Å². The van der Waals surface area contributed by atoms with Crippen LogP contribution in [-0.2, 0) is 24.1 Å². The fourth-order valence-corrected chi connectivity index (χ4v) is 4.86. The van der Waals surface area contributed by atoms with E-state index in [1.54, 1.807) is 18.2 Å². The molecule has 0 aliphatic rings. The Morgan fingerprint density at radius 2 is 1.71 bits per heavy atom. The first-order chi connectivity index (χ1) is 22.5. The van der Waals surface area contributed by atoms with Crippen LogP contribution in [0.15, 0.2) is 76.3 Å². The molecule has 1 aromatic heterocycles. The minimum atomic E-state index is -5.03. The molecule has 2 atom stereocenters. The average molecular weight is 635 g/mol. The molecule has 0 aliphatic heterocycles. The van der Waals surface area contributed by atoms with Gasteiger partial charge in [-0.3, -0.25) is 18.7 Å². The number of carboxylic acid groups (broad SMARTS) is 1. The quantitative estimate of drug-likeness (QED) is 0.199. The molecule has 0 bridgehead atoms. The van der Waals surface area contributed by atoms with Crippen molar-refractivity contribution in [2.45, 2.75) is 45.0 Å². The lowest BCUT2D eigenvalue weighted by Gasteiger charge is -2.23. The molecule has 0 amide bonds. The summed E-state index contributed by atoms with van der Waals surface area (Å²) >= 11 is 0. The largest absolute Gasteiger partial charge is 0.494 e. The van der Waals surface area contributed by atoms with Crippen molar-refractivity contribution in [3.05, 3.63) is 122 Å². The fourth-order valence-electron chi connectivity index (χ4n) is 4.86. The van der Waals surface area contributed by atoms with Gasteiger partial charge in [0.05, 0.1) is 37.4 Å². The van der Waals surface area contributed by atoms with E-state index in [1.807, 2.05) is 0 Å². The zero-order chi connectivity index (χ0) is 35.6. The van der Waals surface area contributed by atoms with E-state index in [0.29, 0.717) is 15.2 Å². The van der Waals surface area contributed by atoms with Crippen LogP contribution < -0.4 is 21.3 Å². The van der Waals surface area contributed by atoms with E-state index < -0.39 is 90.2 Å². The molecule has 1 heterocycles. The highest BCUT2D eigenvalue weighted by atomic mass is 19.4. The topological polar surface area (TPSA) is 103 Å². The number of hydrogen-bond donors (Lipinski definition) is 2. The number of aromatic nitrogens is 2. The summed E-state index contributed by atoms with van der Waals surface area (Å²) in [5, 5.41) is 11.6. The highest BCUT2D eigenvalue weighted by molar-refractivity contribution is 5.68. The van der Waals surface area contributed by atoms with Crippen LogP contribution in [0.2, 0.25) is 0 Å². The molecular formula is C32H30F5N3O5. The number of alkyl halides is 3. The average Bonchev–Trinajstić information content (AvgIpc) is 3.01. The molecule has 2 N–H and O–H groups in total. The monoisotopic (exact) mass is 634 g/mol. The van der Waals surface area contributed by atoms with Gasteiger partial charge in [0.1, 0.15) is 5.82 Å². The van der Waals surface area contributed by atoms with Crippen LogP contribution in [0.1, 0.15) is 45.4 Å². The van der Waals surface area contributed by atoms with Gasteiger partial charge in [-0.25, -0.2) is 13.6 Å². The van der Waals surface area contributed by atoms with Crippen molar-refractivity contribution < 1.29 is 40.7 Å². The van der Waals surface area contributed by atoms with Gasteiger partial charge in [0.15, 0.2) is 11.6 Å². The molecule has 0 saturated heterocycles. The van der Waals surface area contributed by atoms with Crippen molar-refractivity contribution in [3.63, 3.8) is 0 Å². The van der Waals surface area contributed by atoms with Gasteiger partial charge in [-0.15, -0.1) is 0 Å². The lowest BCUT2D eigenvalue weighted by molar-refractivity contribution is -0.138. The number of ether oxygens (including phenoxy) is 1. The maximum atomic E-state index is 15.6. The number of methoxy groups -OCH3 is 1. The Balaban J connectivity index is 2.00. The minimum Gasteiger partial charge on any atom is -0.494 e. The summed E-state index contributed by atoms with van der Waals surface area (Å²) in [6, 6.07) is 12.4. The Morgan fingerprint density at radius 1 is 1.02 bits per heavy atom. The molecule has 8 nitrogen and oxygen atoms in total. The van der Waals surface area contributed by atoms with Crippen LogP contribution in [0.25, 0.3) is 11.1 Å². The highest BCUT2D eigenvalue weighted by Crippen LogP contribution is 2.34. The van der Waals surface area contributed by atoms with Gasteiger partial charge < -0.3 is 15.2 Å². The van der Waals surface area contributed by atoms with E-state index in [2.05, 4.69) is 5.32 Å². The molecular weight excluding hydrogens is 601 g/mol. The SMILES string of the molecule is [2H]C(CC(=O)O)C([2H])([2H])N[C@@H](Cn1c(=O)c(-c2cccc(OC)c2F)c(C)n(Cc2c(F)cccc2C(F)(F)F)c1=O)c1ccccc1. The molecule has 0 spiro atoms. The first-order valence-electron chi connectivity index (χ1n) is 15.0. The number of nitrogens with zero attached hydrogens (tertiary/aromatic N) is 2. The van der Waals surface area contributed by atoms with Gasteiger partial charge in [0.2, 0.25) is 0 Å². The number of nitrogens with one attached hydrogen (secondary N) is 1. The van der Waals surface area contributed by atoms with Crippen molar-refractivity contribution in [1.29, 1.82) is 0 Å². The van der Waals surface area contributed by atoms with Crippen molar-refractivity contribution in [2.75, 3.05) is 13.6 Å². The Labute approximate surface area is 258 Å². The van der Waals surface area contributed by atoms with Gasteiger partial charge in [0, 0.05) is 27.4 Å². The third kappa shape index (κ3) is 7.31. The summed E-state index contributed by atoms with van der Waals surface area (Å²) < 4.78 is 104. The zero-order valence-electron chi connectivity index (χ0n) is 27.0. The number of carbonyl (C=O) groups is 1. The van der Waals surface area contributed by atoms with Crippen LogP contribution in [0.5, 0.6) is 5.75 Å². The van der Waals surface area contributed by atoms with E-state index in [9.17, 15) is 27.6 Å². The second-order valence-electron chi connectivity index (χ2n) is 9.88. The van der Waals surface area contributed by atoms with Gasteiger partial charge >= 0.3 is 17.8 Å².